The number of carboxylic acid groups (broad SMARTS) is 1. The molecule has 0 radical (unpaired) electrons. The van der Waals surface area contributed by atoms with Crippen molar-refractivity contribution in [3.63, 3.8) is 0 Å². The molecule has 1 aromatic rings. The average Bonchev–Trinajstić information content (AvgIpc) is 2.41. The quantitative estimate of drug-likeness (QED) is 0.837. The van der Waals surface area contributed by atoms with Gasteiger partial charge in [-0.3, -0.25) is 14.6 Å². The Hall–Kier alpha value is -2.11. The lowest BCUT2D eigenvalue weighted by Crippen LogP contribution is -2.35. The molecule has 1 atom stereocenters. The van der Waals surface area contributed by atoms with Gasteiger partial charge in [-0.25, -0.2) is 0 Å². The smallest absolute Gasteiger partial charge is 0.308 e. The molecule has 116 valence electrons. The number of hydrogen-bond donors (Lipinski definition) is 2. The summed E-state index contributed by atoms with van der Waals surface area (Å²) in [6.45, 7) is 5.99. The van der Waals surface area contributed by atoms with Crippen LogP contribution < -0.4 is 10.1 Å². The zero-order valence-corrected chi connectivity index (χ0v) is 12.8. The predicted octanol–water partition coefficient (Wildman–Crippen LogP) is 1.96. The van der Waals surface area contributed by atoms with Crippen LogP contribution in [0, 0.1) is 11.3 Å². The van der Waals surface area contributed by atoms with Crippen molar-refractivity contribution in [2.24, 2.45) is 11.3 Å². The minimum atomic E-state index is -0.910. The second-order valence-corrected chi connectivity index (χ2v) is 6.09. The van der Waals surface area contributed by atoms with Crippen LogP contribution in [0.15, 0.2) is 18.5 Å². The van der Waals surface area contributed by atoms with Crippen LogP contribution in [-0.2, 0) is 4.79 Å². The Morgan fingerprint density at radius 2 is 2.10 bits per heavy atom. The maximum absolute atomic E-state index is 12.1. The van der Waals surface area contributed by atoms with Crippen LogP contribution in [-0.4, -0.2) is 35.6 Å². The number of methoxy groups -OCH3 is 1. The molecule has 1 heterocycles. The summed E-state index contributed by atoms with van der Waals surface area (Å²) in [6, 6.07) is 1.54. The first-order chi connectivity index (χ1) is 9.74. The highest BCUT2D eigenvalue weighted by Gasteiger charge is 2.25. The van der Waals surface area contributed by atoms with Gasteiger partial charge in [-0.15, -0.1) is 0 Å². The molecule has 0 bridgehead atoms. The fourth-order valence-electron chi connectivity index (χ4n) is 2.03. The highest BCUT2D eigenvalue weighted by Crippen LogP contribution is 2.24. The van der Waals surface area contributed by atoms with Gasteiger partial charge in [0, 0.05) is 12.7 Å². The lowest BCUT2D eigenvalue weighted by atomic mass is 9.84. The zero-order valence-electron chi connectivity index (χ0n) is 12.8. The minimum absolute atomic E-state index is 0.0803. The summed E-state index contributed by atoms with van der Waals surface area (Å²) in [5.74, 6) is -1.54. The maximum atomic E-state index is 12.1. The molecule has 1 rings (SSSR count). The van der Waals surface area contributed by atoms with Crippen molar-refractivity contribution < 1.29 is 19.4 Å². The van der Waals surface area contributed by atoms with Gasteiger partial charge in [-0.2, -0.15) is 0 Å². The monoisotopic (exact) mass is 294 g/mol. The molecule has 0 aromatic carbocycles. The summed E-state index contributed by atoms with van der Waals surface area (Å²) in [5.41, 5.74) is 0.217. The Morgan fingerprint density at radius 3 is 2.62 bits per heavy atom. The third-order valence-corrected chi connectivity index (χ3v) is 2.97. The molecule has 21 heavy (non-hydrogen) atoms. The number of nitrogens with one attached hydrogen (secondary N) is 1. The molecule has 6 heteroatoms. The fraction of sp³-hybridized carbons (Fsp3) is 0.533. The standard InChI is InChI=1S/C15H22N2O4/c1-15(2,3)7-10(14(19)20)8-17-13(18)11-5-6-16-9-12(11)21-4/h5-6,9-10H,7-8H2,1-4H3,(H,17,18)(H,19,20). The molecule has 0 aliphatic carbocycles. The summed E-state index contributed by atoms with van der Waals surface area (Å²) in [6.07, 6.45) is 3.41. The SMILES string of the molecule is COc1cnccc1C(=O)NCC(CC(C)(C)C)C(=O)O. The Morgan fingerprint density at radius 1 is 1.43 bits per heavy atom. The van der Waals surface area contributed by atoms with E-state index in [2.05, 4.69) is 10.3 Å². The Balaban J connectivity index is 2.72. The van der Waals surface area contributed by atoms with E-state index in [0.717, 1.165) is 0 Å². The molecule has 1 aromatic heterocycles. The number of amides is 1. The molecule has 2 N–H and O–H groups in total. The molecule has 0 spiro atoms. The van der Waals surface area contributed by atoms with Gasteiger partial charge in [0.1, 0.15) is 5.75 Å². The van der Waals surface area contributed by atoms with E-state index in [-0.39, 0.29) is 17.9 Å². The molecular formula is C15H22N2O4. The normalized spacial score (nSPS) is 12.6. The maximum Gasteiger partial charge on any atom is 0.308 e. The van der Waals surface area contributed by atoms with Crippen molar-refractivity contribution in [3.8, 4) is 5.75 Å². The van der Waals surface area contributed by atoms with Crippen molar-refractivity contribution in [1.29, 1.82) is 0 Å². The molecule has 0 fully saturated rings. The van der Waals surface area contributed by atoms with Crippen LogP contribution in [0.1, 0.15) is 37.6 Å². The number of ether oxygens (including phenoxy) is 1. The van der Waals surface area contributed by atoms with E-state index in [1.807, 2.05) is 20.8 Å². The predicted molar refractivity (Wildman–Crippen MR) is 78.3 cm³/mol. The van der Waals surface area contributed by atoms with E-state index in [4.69, 9.17) is 4.74 Å². The van der Waals surface area contributed by atoms with Crippen LogP contribution in [0.5, 0.6) is 5.75 Å². The molecule has 0 saturated heterocycles. The van der Waals surface area contributed by atoms with Gasteiger partial charge < -0.3 is 15.2 Å². The number of carbonyl (C=O) groups is 2. The number of pyridine rings is 1. The highest BCUT2D eigenvalue weighted by atomic mass is 16.5. The summed E-state index contributed by atoms with van der Waals surface area (Å²) in [4.78, 5) is 27.2. The van der Waals surface area contributed by atoms with E-state index in [9.17, 15) is 14.7 Å². The third-order valence-electron chi connectivity index (χ3n) is 2.97. The Kier molecular flexibility index (Phi) is 5.69. The lowest BCUT2D eigenvalue weighted by molar-refractivity contribution is -0.142. The van der Waals surface area contributed by atoms with E-state index in [1.54, 1.807) is 0 Å². The van der Waals surface area contributed by atoms with Gasteiger partial charge >= 0.3 is 5.97 Å². The number of carbonyl (C=O) groups excluding carboxylic acids is 1. The summed E-state index contributed by atoms with van der Waals surface area (Å²) in [7, 11) is 1.45. The van der Waals surface area contributed by atoms with Crippen molar-refractivity contribution in [2.45, 2.75) is 27.2 Å². The minimum Gasteiger partial charge on any atom is -0.494 e. The first-order valence-corrected chi connectivity index (χ1v) is 6.73. The van der Waals surface area contributed by atoms with Gasteiger partial charge in [0.2, 0.25) is 0 Å². The lowest BCUT2D eigenvalue weighted by Gasteiger charge is -2.23. The molecule has 0 aliphatic rings. The first-order valence-electron chi connectivity index (χ1n) is 6.73. The Bertz CT molecular complexity index is 509. The van der Waals surface area contributed by atoms with Gasteiger partial charge in [-0.05, 0) is 17.9 Å². The largest absolute Gasteiger partial charge is 0.494 e. The molecule has 6 nitrogen and oxygen atoms in total. The molecule has 1 amide bonds. The van der Waals surface area contributed by atoms with E-state index >= 15 is 0 Å². The van der Waals surface area contributed by atoms with Gasteiger partial charge in [0.25, 0.3) is 5.91 Å². The summed E-state index contributed by atoms with van der Waals surface area (Å²) in [5, 5.41) is 11.9. The van der Waals surface area contributed by atoms with Crippen LogP contribution in [0.25, 0.3) is 0 Å². The van der Waals surface area contributed by atoms with Gasteiger partial charge in [0.05, 0.1) is 24.8 Å². The molecular weight excluding hydrogens is 272 g/mol. The van der Waals surface area contributed by atoms with E-state index in [1.165, 1.54) is 25.6 Å². The van der Waals surface area contributed by atoms with Gasteiger partial charge in [0.15, 0.2) is 0 Å². The second kappa shape index (κ2) is 7.06. The topological polar surface area (TPSA) is 88.5 Å². The fourth-order valence-corrected chi connectivity index (χ4v) is 2.03. The molecule has 0 saturated carbocycles. The third kappa shape index (κ3) is 5.41. The van der Waals surface area contributed by atoms with Crippen molar-refractivity contribution in [2.75, 3.05) is 13.7 Å². The van der Waals surface area contributed by atoms with Crippen LogP contribution in [0.2, 0.25) is 0 Å². The van der Waals surface area contributed by atoms with Gasteiger partial charge in [-0.1, -0.05) is 20.8 Å². The van der Waals surface area contributed by atoms with E-state index in [0.29, 0.717) is 17.7 Å². The van der Waals surface area contributed by atoms with Crippen LogP contribution in [0.3, 0.4) is 0 Å². The zero-order chi connectivity index (χ0) is 16.0. The van der Waals surface area contributed by atoms with Crippen molar-refractivity contribution in [1.82, 2.24) is 10.3 Å². The number of carboxylic acids is 1. The number of nitrogens with zero attached hydrogens (tertiary/aromatic N) is 1. The van der Waals surface area contributed by atoms with Crippen molar-refractivity contribution in [3.05, 3.63) is 24.0 Å². The highest BCUT2D eigenvalue weighted by molar-refractivity contribution is 5.96. The van der Waals surface area contributed by atoms with Crippen LogP contribution >= 0.6 is 0 Å². The van der Waals surface area contributed by atoms with Crippen LogP contribution in [0.4, 0.5) is 0 Å². The number of aliphatic carboxylic acids is 1. The number of hydrogen-bond acceptors (Lipinski definition) is 4. The number of rotatable bonds is 6. The Labute approximate surface area is 124 Å². The first kappa shape index (κ1) is 16.9. The molecule has 1 unspecified atom stereocenters. The van der Waals surface area contributed by atoms with Crippen molar-refractivity contribution >= 4 is 11.9 Å². The van der Waals surface area contributed by atoms with E-state index < -0.39 is 11.9 Å². The summed E-state index contributed by atoms with van der Waals surface area (Å²) < 4.78 is 5.06. The second-order valence-electron chi connectivity index (χ2n) is 6.09. The number of aromatic nitrogens is 1. The average molecular weight is 294 g/mol. The molecule has 0 aliphatic heterocycles. The summed E-state index contributed by atoms with van der Waals surface area (Å²) >= 11 is 0.